The number of anilines is 4. The number of nitrogens with one attached hydrogen (secondary N) is 2. The van der Waals surface area contributed by atoms with Crippen molar-refractivity contribution in [2.24, 2.45) is 0 Å². The van der Waals surface area contributed by atoms with Gasteiger partial charge >= 0.3 is 6.18 Å². The average Bonchev–Trinajstić information content (AvgIpc) is 2.62. The Morgan fingerprint density at radius 2 is 1.67 bits per heavy atom. The summed E-state index contributed by atoms with van der Waals surface area (Å²) < 4.78 is 38.4. The highest BCUT2D eigenvalue weighted by molar-refractivity contribution is 5.95. The van der Waals surface area contributed by atoms with Gasteiger partial charge in [0.25, 0.3) is 0 Å². The molecular weight excluding hydrogens is 357 g/mol. The third-order valence-electron chi connectivity index (χ3n) is 3.64. The van der Waals surface area contributed by atoms with E-state index in [-0.39, 0.29) is 17.4 Å². The molecule has 0 saturated carbocycles. The Kier molecular flexibility index (Phi) is 5.07. The maximum absolute atomic E-state index is 12.8. The molecule has 0 aliphatic rings. The zero-order valence-electron chi connectivity index (χ0n) is 14.2. The van der Waals surface area contributed by atoms with Gasteiger partial charge in [-0.15, -0.1) is 0 Å². The zero-order valence-corrected chi connectivity index (χ0v) is 14.2. The zero-order chi connectivity index (χ0) is 19.4. The van der Waals surface area contributed by atoms with Crippen molar-refractivity contribution < 1.29 is 18.0 Å². The number of alkyl halides is 3. The summed E-state index contributed by atoms with van der Waals surface area (Å²) in [6.45, 7) is 1.47. The molecule has 138 valence electrons. The molecule has 0 radical (unpaired) electrons. The monoisotopic (exact) mass is 372 g/mol. The predicted octanol–water partition coefficient (Wildman–Crippen LogP) is 5.19. The number of rotatable bonds is 5. The lowest BCUT2D eigenvalue weighted by Crippen LogP contribution is -2.06. The van der Waals surface area contributed by atoms with Gasteiger partial charge in [-0.2, -0.15) is 18.2 Å². The number of carbonyl (C=O) groups excluding carboxylic acids is 1. The number of hydrogen-bond acceptors (Lipinski definition) is 5. The van der Waals surface area contributed by atoms with Crippen LogP contribution in [-0.2, 0) is 6.18 Å². The van der Waals surface area contributed by atoms with Gasteiger partial charge in [-0.25, -0.2) is 4.98 Å². The first kappa shape index (κ1) is 18.4. The van der Waals surface area contributed by atoms with Gasteiger partial charge in [0.05, 0.1) is 5.56 Å². The van der Waals surface area contributed by atoms with E-state index in [0.29, 0.717) is 17.1 Å². The van der Waals surface area contributed by atoms with Crippen LogP contribution in [-0.4, -0.2) is 15.8 Å². The minimum Gasteiger partial charge on any atom is -0.340 e. The van der Waals surface area contributed by atoms with Gasteiger partial charge < -0.3 is 10.6 Å². The lowest BCUT2D eigenvalue weighted by atomic mass is 10.1. The second-order valence-corrected chi connectivity index (χ2v) is 5.73. The van der Waals surface area contributed by atoms with Crippen molar-refractivity contribution in [2.75, 3.05) is 10.6 Å². The van der Waals surface area contributed by atoms with Crippen molar-refractivity contribution in [3.63, 3.8) is 0 Å². The molecule has 0 saturated heterocycles. The minimum absolute atomic E-state index is 0.0618. The lowest BCUT2D eigenvalue weighted by Gasteiger charge is -2.11. The van der Waals surface area contributed by atoms with Crippen LogP contribution >= 0.6 is 0 Å². The van der Waals surface area contributed by atoms with Crippen LogP contribution in [0.1, 0.15) is 22.8 Å². The fraction of sp³-hybridized carbons (Fsp3) is 0.105. The first-order valence-corrected chi connectivity index (χ1v) is 7.96. The number of ketones is 1. The highest BCUT2D eigenvalue weighted by Crippen LogP contribution is 2.31. The summed E-state index contributed by atoms with van der Waals surface area (Å²) in [7, 11) is 0. The normalized spacial score (nSPS) is 11.1. The van der Waals surface area contributed by atoms with Crippen LogP contribution in [0.3, 0.4) is 0 Å². The third-order valence-corrected chi connectivity index (χ3v) is 3.64. The van der Waals surface area contributed by atoms with E-state index >= 15 is 0 Å². The summed E-state index contributed by atoms with van der Waals surface area (Å²) in [6.07, 6.45) is -2.95. The van der Waals surface area contributed by atoms with Crippen molar-refractivity contribution in [1.82, 2.24) is 9.97 Å². The quantitative estimate of drug-likeness (QED) is 0.604. The number of carbonyl (C=O) groups is 1. The van der Waals surface area contributed by atoms with Gasteiger partial charge in [0.2, 0.25) is 5.95 Å². The topological polar surface area (TPSA) is 66.9 Å². The van der Waals surface area contributed by atoms with Crippen LogP contribution in [0.2, 0.25) is 0 Å². The van der Waals surface area contributed by atoms with E-state index in [1.54, 1.807) is 30.3 Å². The highest BCUT2D eigenvalue weighted by Gasteiger charge is 2.30. The molecule has 27 heavy (non-hydrogen) atoms. The number of Topliss-reactive ketones (excluding diaryl/α,β-unsaturated/α-hetero) is 1. The summed E-state index contributed by atoms with van der Waals surface area (Å²) in [5.74, 6) is 0.510. The van der Waals surface area contributed by atoms with Gasteiger partial charge in [0, 0.05) is 23.1 Å². The molecule has 0 atom stereocenters. The van der Waals surface area contributed by atoms with Crippen LogP contribution < -0.4 is 10.6 Å². The van der Waals surface area contributed by atoms with Crippen molar-refractivity contribution in [2.45, 2.75) is 13.1 Å². The van der Waals surface area contributed by atoms with Crippen LogP contribution in [0.25, 0.3) is 0 Å². The molecule has 2 N–H and O–H groups in total. The van der Waals surface area contributed by atoms with Crippen LogP contribution in [0, 0.1) is 0 Å². The van der Waals surface area contributed by atoms with E-state index in [1.807, 2.05) is 0 Å². The molecule has 0 bridgehead atoms. The second-order valence-electron chi connectivity index (χ2n) is 5.73. The molecule has 0 spiro atoms. The summed E-state index contributed by atoms with van der Waals surface area (Å²) in [6, 6.07) is 13.3. The Hall–Kier alpha value is -3.42. The van der Waals surface area contributed by atoms with Crippen LogP contribution in [0.15, 0.2) is 60.8 Å². The van der Waals surface area contributed by atoms with Gasteiger partial charge in [-0.3, -0.25) is 4.79 Å². The fourth-order valence-electron chi connectivity index (χ4n) is 2.35. The molecule has 0 aliphatic heterocycles. The Morgan fingerprint density at radius 3 is 2.37 bits per heavy atom. The maximum Gasteiger partial charge on any atom is 0.416 e. The highest BCUT2D eigenvalue weighted by atomic mass is 19.4. The first-order valence-electron chi connectivity index (χ1n) is 7.96. The largest absolute Gasteiger partial charge is 0.416 e. The molecule has 2 aromatic carbocycles. The van der Waals surface area contributed by atoms with Crippen molar-refractivity contribution in [3.05, 3.63) is 71.9 Å². The summed E-state index contributed by atoms with van der Waals surface area (Å²) in [5.41, 5.74) is 0.672. The molecule has 1 heterocycles. The molecule has 5 nitrogen and oxygen atoms in total. The molecule has 0 unspecified atom stereocenters. The molecular formula is C19H15F3N4O. The Balaban J connectivity index is 1.78. The predicted molar refractivity (Wildman–Crippen MR) is 96.5 cm³/mol. The lowest BCUT2D eigenvalue weighted by molar-refractivity contribution is -0.137. The first-order chi connectivity index (χ1) is 12.8. The van der Waals surface area contributed by atoms with E-state index in [1.165, 1.54) is 25.3 Å². The van der Waals surface area contributed by atoms with Gasteiger partial charge in [0.15, 0.2) is 5.78 Å². The Labute approximate surface area is 153 Å². The SMILES string of the molecule is CC(=O)c1cccc(Nc2ccnc(Nc3cccc(C(F)(F)F)c3)n2)c1. The third kappa shape index (κ3) is 4.81. The molecule has 0 aliphatic carbocycles. The number of nitrogens with zero attached hydrogens (tertiary/aromatic N) is 2. The van der Waals surface area contributed by atoms with E-state index < -0.39 is 11.7 Å². The summed E-state index contributed by atoms with van der Waals surface area (Å²) in [5, 5.41) is 5.79. The molecule has 0 fully saturated rings. The number of hydrogen-bond donors (Lipinski definition) is 2. The van der Waals surface area contributed by atoms with Crippen LogP contribution in [0.5, 0.6) is 0 Å². The van der Waals surface area contributed by atoms with E-state index in [0.717, 1.165) is 12.1 Å². The minimum atomic E-state index is -4.43. The van der Waals surface area contributed by atoms with Gasteiger partial charge in [0.1, 0.15) is 5.82 Å². The maximum atomic E-state index is 12.8. The summed E-state index contributed by atoms with van der Waals surface area (Å²) in [4.78, 5) is 19.7. The van der Waals surface area contributed by atoms with E-state index in [9.17, 15) is 18.0 Å². The van der Waals surface area contributed by atoms with Crippen molar-refractivity contribution >= 4 is 28.9 Å². The molecule has 0 amide bonds. The smallest absolute Gasteiger partial charge is 0.340 e. The number of benzene rings is 2. The molecule has 3 rings (SSSR count). The van der Waals surface area contributed by atoms with Gasteiger partial charge in [-0.1, -0.05) is 18.2 Å². The average molecular weight is 372 g/mol. The number of aromatic nitrogens is 2. The molecule has 3 aromatic rings. The Morgan fingerprint density at radius 1 is 0.963 bits per heavy atom. The molecule has 1 aromatic heterocycles. The second kappa shape index (κ2) is 7.45. The Bertz CT molecular complexity index is 973. The van der Waals surface area contributed by atoms with Crippen molar-refractivity contribution in [1.29, 1.82) is 0 Å². The van der Waals surface area contributed by atoms with Crippen molar-refractivity contribution in [3.8, 4) is 0 Å². The molecule has 8 heteroatoms. The van der Waals surface area contributed by atoms with Gasteiger partial charge in [-0.05, 0) is 43.3 Å². The summed E-state index contributed by atoms with van der Waals surface area (Å²) >= 11 is 0. The fourth-order valence-corrected chi connectivity index (χ4v) is 2.35. The van der Waals surface area contributed by atoms with E-state index in [2.05, 4.69) is 20.6 Å². The van der Waals surface area contributed by atoms with Crippen LogP contribution in [0.4, 0.5) is 36.3 Å². The standard InChI is InChI=1S/C19H15F3N4O/c1-12(27)13-4-2-6-15(10-13)24-17-8-9-23-18(26-17)25-16-7-3-5-14(11-16)19(20,21)22/h2-11H,1H3,(H2,23,24,25,26). The number of halogens is 3. The van der Waals surface area contributed by atoms with E-state index in [4.69, 9.17) is 0 Å².